The lowest BCUT2D eigenvalue weighted by Crippen LogP contribution is -2.60. The number of hydrogen-bond acceptors (Lipinski definition) is 15. The number of esters is 1. The lowest BCUT2D eigenvalue weighted by atomic mass is 9.72. The van der Waals surface area contributed by atoms with Crippen molar-refractivity contribution in [2.24, 2.45) is 40.9 Å². The number of aliphatic imine (C=N–C) groups is 1. The van der Waals surface area contributed by atoms with Crippen LogP contribution in [0.25, 0.3) is 11.0 Å². The van der Waals surface area contributed by atoms with Crippen molar-refractivity contribution >= 4 is 34.5 Å². The van der Waals surface area contributed by atoms with Gasteiger partial charge in [-0.1, -0.05) is 44.1 Å². The number of nitrogens with zero attached hydrogens (tertiary/aromatic N) is 7. The zero-order chi connectivity index (χ0) is 43.3. The number of ether oxygens (including phenoxy) is 6. The number of benzene rings is 1. The van der Waals surface area contributed by atoms with Gasteiger partial charge in [-0.05, 0) is 84.7 Å². The van der Waals surface area contributed by atoms with Crippen molar-refractivity contribution in [3.05, 3.63) is 23.8 Å². The Labute approximate surface area is 353 Å². The molecule has 5 aliphatic heterocycles. The predicted molar refractivity (Wildman–Crippen MR) is 221 cm³/mol. The highest BCUT2D eigenvalue weighted by atomic mass is 16.7. The monoisotopic (exact) mass is 839 g/mol. The summed E-state index contributed by atoms with van der Waals surface area (Å²) < 4.78 is 41.6. The molecule has 4 bridgehead atoms. The van der Waals surface area contributed by atoms with Gasteiger partial charge in [-0.2, -0.15) is 0 Å². The largest absolute Gasteiger partial charge is 0.458 e. The number of carbonyl (C=O) groups excluding carboxylic acids is 2. The van der Waals surface area contributed by atoms with E-state index in [1.165, 1.54) is 0 Å². The minimum Gasteiger partial charge on any atom is -0.458 e. The van der Waals surface area contributed by atoms with Crippen LogP contribution in [-0.2, 0) is 51.7 Å². The van der Waals surface area contributed by atoms with Gasteiger partial charge in [0, 0.05) is 37.2 Å². The SMILES string of the molecule is CC[C@@H]1OC(=O)[C@H](C)[C@H]2OCC(=NOCc3ccc4c(c3)nnn4C)CO[C@](C)(C[C@@H](C)C3=NCCN4C(=O)O[C@@]1(C)[C@H]4[C@H]3C)[C@@H](O[C@H]1O[C@@H](C)C[C@@H](N(C)C)[C@@H]1O)[C@@H]2C. The van der Waals surface area contributed by atoms with Gasteiger partial charge >= 0.3 is 12.1 Å². The second-order valence-corrected chi connectivity index (χ2v) is 18.3. The fraction of sp³-hybridized carbons (Fsp3) is 0.767. The smallest absolute Gasteiger partial charge is 0.410 e. The van der Waals surface area contributed by atoms with E-state index < -0.39 is 71.8 Å². The molecule has 17 heteroatoms. The summed E-state index contributed by atoms with van der Waals surface area (Å²) in [4.78, 5) is 42.9. The van der Waals surface area contributed by atoms with Crippen LogP contribution in [0.4, 0.5) is 4.79 Å². The highest BCUT2D eigenvalue weighted by Crippen LogP contribution is 2.45. The molecule has 1 N–H and O–H groups in total. The molecule has 5 aliphatic rings. The van der Waals surface area contributed by atoms with Crippen LogP contribution in [-0.4, -0.2) is 154 Å². The molecule has 4 fully saturated rings. The Hall–Kier alpha value is -3.74. The topological polar surface area (TPSA) is 181 Å². The van der Waals surface area contributed by atoms with Crippen molar-refractivity contribution in [1.29, 1.82) is 0 Å². The number of aromatic nitrogens is 3. The van der Waals surface area contributed by atoms with Crippen LogP contribution in [0.15, 0.2) is 28.3 Å². The first-order chi connectivity index (χ1) is 28.4. The minimum atomic E-state index is -1.14. The number of likely N-dealkylation sites (N-methyl/N-ethyl adjacent to an activating group) is 1. The van der Waals surface area contributed by atoms with Crippen LogP contribution in [0, 0.1) is 23.7 Å². The zero-order valence-corrected chi connectivity index (χ0v) is 37.1. The molecule has 4 saturated heterocycles. The van der Waals surface area contributed by atoms with Crippen molar-refractivity contribution in [3.8, 4) is 0 Å². The molecule has 7 rings (SSSR count). The number of aryl methyl sites for hydroxylation is 1. The maximum absolute atomic E-state index is 14.5. The summed E-state index contributed by atoms with van der Waals surface area (Å²) in [6.45, 7) is 16.7. The molecule has 0 unspecified atom stereocenters. The van der Waals surface area contributed by atoms with E-state index in [0.717, 1.165) is 22.3 Å². The van der Waals surface area contributed by atoms with E-state index in [1.54, 1.807) is 16.5 Å². The molecule has 0 saturated carbocycles. The van der Waals surface area contributed by atoms with Gasteiger partial charge in [0.1, 0.15) is 30.0 Å². The molecular weight excluding hydrogens is 775 g/mol. The summed E-state index contributed by atoms with van der Waals surface area (Å²) in [7, 11) is 5.71. The number of carbonyl (C=O) groups is 2. The maximum Gasteiger partial charge on any atom is 0.410 e. The van der Waals surface area contributed by atoms with Gasteiger partial charge < -0.3 is 43.3 Å². The molecule has 2 aromatic rings. The number of aliphatic hydroxyl groups excluding tert-OH is 1. The average molecular weight is 840 g/mol. The van der Waals surface area contributed by atoms with Crippen molar-refractivity contribution in [3.63, 3.8) is 0 Å². The first kappa shape index (κ1) is 44.3. The predicted octanol–water partition coefficient (Wildman–Crippen LogP) is 4.13. The van der Waals surface area contributed by atoms with Crippen LogP contribution < -0.4 is 0 Å². The number of fused-ring (bicyclic) bond motifs is 5. The lowest BCUT2D eigenvalue weighted by molar-refractivity contribution is -0.302. The molecule has 1 aromatic heterocycles. The van der Waals surface area contributed by atoms with Gasteiger partial charge in [-0.25, -0.2) is 9.48 Å². The van der Waals surface area contributed by atoms with Gasteiger partial charge in [0.15, 0.2) is 11.9 Å². The van der Waals surface area contributed by atoms with Crippen LogP contribution in [0.5, 0.6) is 0 Å². The summed E-state index contributed by atoms with van der Waals surface area (Å²) in [5, 5.41) is 24.7. The highest BCUT2D eigenvalue weighted by molar-refractivity contribution is 5.91. The quantitative estimate of drug-likeness (QED) is 0.311. The van der Waals surface area contributed by atoms with Crippen LogP contribution >= 0.6 is 0 Å². The summed E-state index contributed by atoms with van der Waals surface area (Å²) in [6, 6.07) is 5.14. The lowest BCUT2D eigenvalue weighted by Gasteiger charge is -2.48. The Morgan fingerprint density at radius 1 is 1.08 bits per heavy atom. The Bertz CT molecular complexity index is 1940. The first-order valence-corrected chi connectivity index (χ1v) is 21.6. The first-order valence-electron chi connectivity index (χ1n) is 21.6. The second-order valence-electron chi connectivity index (χ2n) is 18.3. The molecule has 14 atom stereocenters. The molecule has 0 radical (unpaired) electrons. The normalized spacial score (nSPS) is 40.0. The molecule has 60 heavy (non-hydrogen) atoms. The third kappa shape index (κ3) is 8.41. The summed E-state index contributed by atoms with van der Waals surface area (Å²) in [5.74, 6) is -2.27. The number of hydrogen-bond donors (Lipinski definition) is 1. The number of rotatable bonds is 7. The Morgan fingerprint density at radius 2 is 1.85 bits per heavy atom. The minimum absolute atomic E-state index is 0.0101. The van der Waals surface area contributed by atoms with Crippen LogP contribution in [0.2, 0.25) is 0 Å². The van der Waals surface area contributed by atoms with E-state index in [-0.39, 0.29) is 43.8 Å². The molecular formula is C43H65N7O10. The van der Waals surface area contributed by atoms with E-state index in [1.807, 2.05) is 78.9 Å². The molecule has 6 heterocycles. The maximum atomic E-state index is 14.5. The number of amides is 1. The van der Waals surface area contributed by atoms with Gasteiger partial charge in [0.25, 0.3) is 0 Å². The third-order valence-corrected chi connectivity index (χ3v) is 13.7. The fourth-order valence-corrected chi connectivity index (χ4v) is 10.6. The van der Waals surface area contributed by atoms with Gasteiger partial charge in [-0.3, -0.25) is 14.7 Å². The standard InChI is InChI=1S/C43H65N7O10/c1-12-33-43(8)37-25(4)34(44-15-16-50(37)41(53)60-43)23(2)19-42(7)38(59-40-35(51)32(48(9)10)17-24(3)57-40)26(5)36(27(6)39(52)58-33)54-21-29(22-55-42)46-56-20-28-13-14-31-30(18-28)45-47-49(31)11/h13-14,18,23-27,32-33,35-38,40,51H,12,15-17,19-22H2,1-11H3/t23-,24+,25+,26-,27-,32-,33+,35+,36+,37-,38+,40-,42-,43-/m1/s1. The fourth-order valence-electron chi connectivity index (χ4n) is 10.6. The van der Waals surface area contributed by atoms with E-state index in [9.17, 15) is 14.7 Å². The highest BCUT2D eigenvalue weighted by Gasteiger charge is 2.60. The molecule has 1 amide bonds. The number of oxime groups is 1. The van der Waals surface area contributed by atoms with Crippen molar-refractivity contribution < 1.29 is 48.0 Å². The second kappa shape index (κ2) is 17.6. The molecule has 332 valence electrons. The van der Waals surface area contributed by atoms with E-state index in [2.05, 4.69) is 29.3 Å². The summed E-state index contributed by atoms with van der Waals surface area (Å²) >= 11 is 0. The molecule has 1 aromatic carbocycles. The van der Waals surface area contributed by atoms with Crippen LogP contribution in [0.3, 0.4) is 0 Å². The van der Waals surface area contributed by atoms with Crippen LogP contribution in [0.1, 0.15) is 80.2 Å². The van der Waals surface area contributed by atoms with Crippen molar-refractivity contribution in [2.75, 3.05) is 40.4 Å². The third-order valence-electron chi connectivity index (χ3n) is 13.7. The van der Waals surface area contributed by atoms with Gasteiger partial charge in [0.2, 0.25) is 0 Å². The Kier molecular flexibility index (Phi) is 13.0. The van der Waals surface area contributed by atoms with E-state index in [4.69, 9.17) is 38.3 Å². The van der Waals surface area contributed by atoms with Gasteiger partial charge in [0.05, 0.1) is 61.1 Å². The zero-order valence-electron chi connectivity index (χ0n) is 37.1. The van der Waals surface area contributed by atoms with Crippen molar-refractivity contribution in [2.45, 2.75) is 141 Å². The summed E-state index contributed by atoms with van der Waals surface area (Å²) in [5.41, 5.74) is 1.66. The number of aliphatic hydroxyl groups is 1. The molecule has 0 spiro atoms. The average Bonchev–Trinajstić information content (AvgIpc) is 3.63. The molecule has 17 nitrogen and oxygen atoms in total. The summed E-state index contributed by atoms with van der Waals surface area (Å²) in [6.07, 6.45) is -3.47. The van der Waals surface area contributed by atoms with Gasteiger partial charge in [-0.15, -0.1) is 5.10 Å². The van der Waals surface area contributed by atoms with E-state index in [0.29, 0.717) is 38.1 Å². The Balaban J connectivity index is 1.29. The van der Waals surface area contributed by atoms with E-state index >= 15 is 0 Å². The number of cyclic esters (lactones) is 1. The Morgan fingerprint density at radius 3 is 2.58 bits per heavy atom. The molecule has 0 aliphatic carbocycles. The van der Waals surface area contributed by atoms with Crippen molar-refractivity contribution in [1.82, 2.24) is 24.8 Å².